The molecule has 0 amide bonds. The molecular weight excluding hydrogens is 697 g/mol. The van der Waals surface area contributed by atoms with Crippen LogP contribution in [0.25, 0.3) is 106 Å². The lowest BCUT2D eigenvalue weighted by Crippen LogP contribution is -2.08. The van der Waals surface area contributed by atoms with Crippen molar-refractivity contribution in [2.75, 3.05) is 0 Å². The van der Waals surface area contributed by atoms with Gasteiger partial charge >= 0.3 is 0 Å². The highest BCUT2D eigenvalue weighted by Crippen LogP contribution is 2.38. The fourth-order valence-electron chi connectivity index (χ4n) is 7.82. The first-order valence-corrected chi connectivity index (χ1v) is 18.0. The van der Waals surface area contributed by atoms with Crippen molar-refractivity contribution in [1.29, 1.82) is 0 Å². The van der Waals surface area contributed by atoms with Crippen molar-refractivity contribution in [2.24, 2.45) is 0 Å². The number of benzene rings is 8. The van der Waals surface area contributed by atoms with E-state index in [1.165, 1.54) is 4.57 Å². The molecule has 6 heteroatoms. The lowest BCUT2D eigenvalue weighted by molar-refractivity contribution is 0.952. The average Bonchev–Trinajstić information content (AvgIpc) is 4.07. The SMILES string of the molecule is [2H]c1c([2H])c([2H])c2c(c1[2H])c1c([2H])c([2H])c(-c3nc(-c4ccccc4-n4c5ccccc5c5ccccc54)nc(-n4c5c([2H])c([2H])c([2H])c([2H])c5c5c([2H])c([2H])c([2H])c([2H])c54)n3)c([2H])c1n2-c1ccccc1. The quantitative estimate of drug-likeness (QED) is 0.176. The number of para-hydroxylation sites is 7. The van der Waals surface area contributed by atoms with Gasteiger partial charge in [0.05, 0.1) is 59.3 Å². The summed E-state index contributed by atoms with van der Waals surface area (Å²) >= 11 is 0. The monoisotopic (exact) mass is 743 g/mol. The molecule has 12 rings (SSSR count). The van der Waals surface area contributed by atoms with E-state index in [0.717, 1.165) is 26.4 Å². The van der Waals surface area contributed by atoms with E-state index in [-0.39, 0.29) is 55.0 Å². The Morgan fingerprint density at radius 3 is 1.56 bits per heavy atom. The number of nitrogens with zero attached hydrogens (tertiary/aromatic N) is 6. The van der Waals surface area contributed by atoms with Crippen molar-refractivity contribution in [3.05, 3.63) is 194 Å². The Kier molecular flexibility index (Phi) is 4.37. The van der Waals surface area contributed by atoms with E-state index < -0.39 is 102 Å². The zero-order valence-corrected chi connectivity index (χ0v) is 29.5. The summed E-state index contributed by atoms with van der Waals surface area (Å²) in [5, 5.41) is 1.24. The van der Waals surface area contributed by atoms with E-state index in [9.17, 15) is 6.85 Å². The van der Waals surface area contributed by atoms with Crippen LogP contribution < -0.4 is 0 Å². The van der Waals surface area contributed by atoms with Crippen LogP contribution in [0.2, 0.25) is 0 Å². The molecule has 12 aromatic rings. The predicted molar refractivity (Wildman–Crippen MR) is 234 cm³/mol. The second-order valence-corrected chi connectivity index (χ2v) is 13.3. The molecule has 0 N–H and O–H groups in total. The minimum absolute atomic E-state index is 0.0357. The van der Waals surface area contributed by atoms with Crippen LogP contribution in [0, 0.1) is 0 Å². The van der Waals surface area contributed by atoms with Gasteiger partial charge in [-0.2, -0.15) is 9.97 Å². The van der Waals surface area contributed by atoms with Crippen LogP contribution in [0.1, 0.15) is 20.6 Å². The van der Waals surface area contributed by atoms with Gasteiger partial charge in [-0.1, -0.05) is 133 Å². The molecule has 0 aliphatic carbocycles. The van der Waals surface area contributed by atoms with Crippen molar-refractivity contribution in [3.8, 4) is 40.1 Å². The van der Waals surface area contributed by atoms with E-state index in [1.54, 1.807) is 42.5 Å². The second kappa shape index (κ2) is 12.3. The molecule has 0 aliphatic rings. The van der Waals surface area contributed by atoms with Gasteiger partial charge in [-0.05, 0) is 60.6 Å². The molecule has 57 heavy (non-hydrogen) atoms. The Morgan fingerprint density at radius 1 is 0.368 bits per heavy atom. The van der Waals surface area contributed by atoms with Crippen LogP contribution in [0.4, 0.5) is 0 Å². The Hall–Kier alpha value is -7.83. The Labute approximate surface area is 348 Å². The largest absolute Gasteiger partial charge is 0.309 e. The summed E-state index contributed by atoms with van der Waals surface area (Å²) in [4.78, 5) is 14.8. The molecule has 0 spiro atoms. The van der Waals surface area contributed by atoms with Crippen LogP contribution in [0.5, 0.6) is 0 Å². The van der Waals surface area contributed by atoms with E-state index in [0.29, 0.717) is 16.9 Å². The third-order valence-electron chi connectivity index (χ3n) is 10.2. The van der Waals surface area contributed by atoms with Crippen LogP contribution in [0.15, 0.2) is 194 Å². The highest BCUT2D eigenvalue weighted by molar-refractivity contribution is 6.12. The highest BCUT2D eigenvalue weighted by atomic mass is 15.2. The maximum Gasteiger partial charge on any atom is 0.238 e. The number of rotatable bonds is 5. The molecule has 0 bridgehead atoms. The van der Waals surface area contributed by atoms with Gasteiger partial charge in [0.15, 0.2) is 11.6 Å². The smallest absolute Gasteiger partial charge is 0.238 e. The molecule has 0 fully saturated rings. The maximum absolute atomic E-state index is 10.1. The Bertz CT molecular complexity index is 4280. The molecule has 4 heterocycles. The van der Waals surface area contributed by atoms with E-state index in [1.807, 2.05) is 65.2 Å². The van der Waals surface area contributed by atoms with Crippen LogP contribution in [0.3, 0.4) is 0 Å². The molecule has 8 aromatic carbocycles. The van der Waals surface area contributed by atoms with Gasteiger partial charge in [0, 0.05) is 49.1 Å². The molecule has 6 nitrogen and oxygen atoms in total. The zero-order chi connectivity index (χ0) is 50.5. The third-order valence-corrected chi connectivity index (χ3v) is 10.2. The molecule has 0 saturated heterocycles. The Balaban J connectivity index is 1.28. The fraction of sp³-hybridized carbons (Fsp3) is 0. The van der Waals surface area contributed by atoms with Gasteiger partial charge in [-0.15, -0.1) is 0 Å². The number of aromatic nitrogens is 6. The van der Waals surface area contributed by atoms with Crippen LogP contribution in [-0.4, -0.2) is 28.7 Å². The normalized spacial score (nSPS) is 15.5. The first kappa shape index (κ1) is 20.2. The minimum atomic E-state index is -0.674. The first-order valence-electron chi connectivity index (χ1n) is 25.5. The van der Waals surface area contributed by atoms with Crippen molar-refractivity contribution in [2.45, 2.75) is 0 Å². The van der Waals surface area contributed by atoms with Crippen molar-refractivity contribution in [3.63, 3.8) is 0 Å². The van der Waals surface area contributed by atoms with Crippen LogP contribution in [-0.2, 0) is 0 Å². The molecular formula is C51H32N6. The summed E-state index contributed by atoms with van der Waals surface area (Å²) in [6, 6.07) is 22.6. The van der Waals surface area contributed by atoms with E-state index >= 15 is 0 Å². The van der Waals surface area contributed by atoms with Gasteiger partial charge in [0.1, 0.15) is 0 Å². The van der Waals surface area contributed by atoms with Gasteiger partial charge in [-0.3, -0.25) is 4.57 Å². The summed E-state index contributed by atoms with van der Waals surface area (Å²) in [6.07, 6.45) is 0. The molecule has 4 aromatic heterocycles. The van der Waals surface area contributed by atoms with Gasteiger partial charge in [0.25, 0.3) is 0 Å². The highest BCUT2D eigenvalue weighted by Gasteiger charge is 2.22. The van der Waals surface area contributed by atoms with Gasteiger partial charge in [0.2, 0.25) is 5.95 Å². The molecule has 0 atom stereocenters. The Morgan fingerprint density at radius 2 is 0.895 bits per heavy atom. The second-order valence-electron chi connectivity index (χ2n) is 13.3. The summed E-state index contributed by atoms with van der Waals surface area (Å²) in [5.74, 6) is -0.910. The van der Waals surface area contributed by atoms with Gasteiger partial charge in [-0.25, -0.2) is 4.98 Å². The summed E-state index contributed by atoms with van der Waals surface area (Å²) in [7, 11) is 0. The lowest BCUT2D eigenvalue weighted by Gasteiger charge is -2.15. The maximum atomic E-state index is 10.1. The predicted octanol–water partition coefficient (Wildman–Crippen LogP) is 12.5. The molecule has 0 unspecified atom stereocenters. The third kappa shape index (κ3) is 4.74. The lowest BCUT2D eigenvalue weighted by atomic mass is 10.1. The standard InChI is InChI=1S/C51H32N6/c1-2-16-34(17-3-1)55-42-24-10-4-22-39(42)40-31-30-33(32-48(40)55)49-52-50(54-51(53-49)57-45-27-13-7-20-37(45)38-21-8-14-28-46(38)57)41-23-9-15-29-47(41)56-43-25-11-5-18-35(43)36-19-6-12-26-44(36)56/h1-32H/i4D,7D,8D,10D,13D,14D,20D,21D,22D,24D,27D,28D,30D,31D,32D. The van der Waals surface area contributed by atoms with Crippen molar-refractivity contribution < 1.29 is 20.6 Å². The zero-order valence-electron chi connectivity index (χ0n) is 44.5. The minimum Gasteiger partial charge on any atom is -0.309 e. The number of hydrogen-bond donors (Lipinski definition) is 0. The average molecular weight is 744 g/mol. The van der Waals surface area contributed by atoms with E-state index in [2.05, 4.69) is 0 Å². The summed E-state index contributed by atoms with van der Waals surface area (Å²) in [5.41, 5.74) is 1.94. The number of fused-ring (bicyclic) bond motifs is 9. The first-order chi connectivity index (χ1) is 34.5. The van der Waals surface area contributed by atoms with Gasteiger partial charge < -0.3 is 9.13 Å². The molecule has 0 saturated carbocycles. The number of hydrogen-bond acceptors (Lipinski definition) is 3. The summed E-state index contributed by atoms with van der Waals surface area (Å²) < 4.78 is 141. The van der Waals surface area contributed by atoms with Crippen LogP contribution >= 0.6 is 0 Å². The van der Waals surface area contributed by atoms with Crippen molar-refractivity contribution in [1.82, 2.24) is 28.7 Å². The molecule has 0 aliphatic heterocycles. The van der Waals surface area contributed by atoms with E-state index in [4.69, 9.17) is 28.7 Å². The summed E-state index contributed by atoms with van der Waals surface area (Å²) in [6.45, 7) is 0. The fourth-order valence-corrected chi connectivity index (χ4v) is 7.82. The molecule has 266 valence electrons. The van der Waals surface area contributed by atoms with Crippen molar-refractivity contribution >= 4 is 65.4 Å². The topological polar surface area (TPSA) is 53.5 Å². The molecule has 0 radical (unpaired) electrons.